The highest BCUT2D eigenvalue weighted by molar-refractivity contribution is 7.92. The zero-order valence-corrected chi connectivity index (χ0v) is 14.1. The lowest BCUT2D eigenvalue weighted by Crippen LogP contribution is -2.43. The number of rotatable bonds is 1. The van der Waals surface area contributed by atoms with Crippen LogP contribution in [0.5, 0.6) is 0 Å². The van der Waals surface area contributed by atoms with Gasteiger partial charge in [0.05, 0.1) is 10.7 Å². The largest absolute Gasteiger partial charge is 0.335 e. The standard InChI is InChI=1S/C13H20ClN5O2S/c1-17-3-2-4-19-10(9-17)11(14)12(16-19)13(20)18-5-7-22(15,21)8-6-18/h15H,2-9H2,1H3. The molecular weight excluding hydrogens is 326 g/mol. The number of nitrogens with one attached hydrogen (secondary N) is 1. The van der Waals surface area contributed by atoms with Gasteiger partial charge in [-0.3, -0.25) is 14.3 Å². The van der Waals surface area contributed by atoms with Crippen LogP contribution in [-0.4, -0.2) is 67.9 Å². The molecule has 3 heterocycles. The summed E-state index contributed by atoms with van der Waals surface area (Å²) in [6, 6.07) is 0. The van der Waals surface area contributed by atoms with Crippen LogP contribution in [0.25, 0.3) is 0 Å². The number of nitrogens with zero attached hydrogens (tertiary/aromatic N) is 4. The second kappa shape index (κ2) is 5.82. The van der Waals surface area contributed by atoms with E-state index in [-0.39, 0.29) is 23.1 Å². The molecule has 7 nitrogen and oxygen atoms in total. The van der Waals surface area contributed by atoms with E-state index in [0.717, 1.165) is 25.2 Å². The van der Waals surface area contributed by atoms with Crippen molar-refractivity contribution in [2.24, 2.45) is 0 Å². The third kappa shape index (κ3) is 3.00. The van der Waals surface area contributed by atoms with Crippen LogP contribution in [0.3, 0.4) is 0 Å². The fraction of sp³-hybridized carbons (Fsp3) is 0.692. The van der Waals surface area contributed by atoms with Crippen LogP contribution >= 0.6 is 11.6 Å². The van der Waals surface area contributed by atoms with Gasteiger partial charge in [0.25, 0.3) is 5.91 Å². The molecule has 9 heteroatoms. The van der Waals surface area contributed by atoms with E-state index in [1.54, 1.807) is 4.90 Å². The molecule has 0 spiro atoms. The van der Waals surface area contributed by atoms with E-state index in [0.29, 0.717) is 24.7 Å². The minimum absolute atomic E-state index is 0.219. The Morgan fingerprint density at radius 1 is 1.27 bits per heavy atom. The van der Waals surface area contributed by atoms with Gasteiger partial charge in [-0.1, -0.05) is 11.6 Å². The Balaban J connectivity index is 1.84. The molecule has 0 aliphatic carbocycles. The Morgan fingerprint density at radius 3 is 2.64 bits per heavy atom. The molecule has 0 aromatic carbocycles. The van der Waals surface area contributed by atoms with Crippen molar-refractivity contribution in [3.8, 4) is 0 Å². The molecule has 1 aromatic rings. The summed E-state index contributed by atoms with van der Waals surface area (Å²) < 4.78 is 21.1. The predicted octanol–water partition coefficient (Wildman–Crippen LogP) is 0.875. The van der Waals surface area contributed by atoms with Gasteiger partial charge >= 0.3 is 0 Å². The van der Waals surface area contributed by atoms with Crippen molar-refractivity contribution in [1.82, 2.24) is 19.6 Å². The molecular formula is C13H20ClN5O2S. The molecule has 22 heavy (non-hydrogen) atoms. The van der Waals surface area contributed by atoms with Crippen molar-refractivity contribution in [1.29, 1.82) is 4.78 Å². The first-order valence-corrected chi connectivity index (χ1v) is 9.62. The molecule has 2 aliphatic rings. The number of fused-ring (bicyclic) bond motifs is 1. The van der Waals surface area contributed by atoms with Crippen LogP contribution < -0.4 is 0 Å². The van der Waals surface area contributed by atoms with Crippen molar-refractivity contribution in [2.75, 3.05) is 38.2 Å². The maximum Gasteiger partial charge on any atom is 0.275 e. The van der Waals surface area contributed by atoms with Gasteiger partial charge in [0.1, 0.15) is 0 Å². The topological polar surface area (TPSA) is 82.3 Å². The number of amides is 1. The fourth-order valence-corrected chi connectivity index (χ4v) is 4.37. The molecule has 3 rings (SSSR count). The van der Waals surface area contributed by atoms with Crippen molar-refractivity contribution in [2.45, 2.75) is 19.5 Å². The minimum atomic E-state index is -2.52. The SMILES string of the molecule is CN1CCCn2nc(C(=O)N3CCS(=N)(=O)CC3)c(Cl)c2C1. The Hall–Kier alpha value is -1.12. The predicted molar refractivity (Wildman–Crippen MR) is 84.7 cm³/mol. The maximum atomic E-state index is 12.6. The van der Waals surface area contributed by atoms with Crippen LogP contribution in [0.1, 0.15) is 22.6 Å². The lowest BCUT2D eigenvalue weighted by atomic mass is 10.3. The van der Waals surface area contributed by atoms with E-state index < -0.39 is 9.73 Å². The Labute approximate surface area is 135 Å². The Morgan fingerprint density at radius 2 is 1.95 bits per heavy atom. The van der Waals surface area contributed by atoms with Crippen molar-refractivity contribution < 1.29 is 9.00 Å². The van der Waals surface area contributed by atoms with Crippen LogP contribution in [0.4, 0.5) is 0 Å². The maximum absolute atomic E-state index is 12.6. The number of hydrogen-bond donors (Lipinski definition) is 1. The summed E-state index contributed by atoms with van der Waals surface area (Å²) in [5.74, 6) is 0.238. The number of hydrogen-bond acceptors (Lipinski definition) is 5. The van der Waals surface area contributed by atoms with Gasteiger partial charge in [-0.15, -0.1) is 0 Å². The average Bonchev–Trinajstić information content (AvgIpc) is 2.65. The highest BCUT2D eigenvalue weighted by Crippen LogP contribution is 2.26. The Bertz CT molecular complexity index is 686. The molecule has 1 fully saturated rings. The number of carbonyl (C=O) groups excluding carboxylic acids is 1. The first-order valence-electron chi connectivity index (χ1n) is 7.34. The third-order valence-electron chi connectivity index (χ3n) is 4.19. The van der Waals surface area contributed by atoms with Crippen LogP contribution in [0, 0.1) is 4.78 Å². The third-order valence-corrected chi connectivity index (χ3v) is 6.28. The molecule has 122 valence electrons. The second-order valence-electron chi connectivity index (χ2n) is 5.94. The van der Waals surface area contributed by atoms with E-state index in [1.165, 1.54) is 0 Å². The zero-order chi connectivity index (χ0) is 15.9. The molecule has 1 N–H and O–H groups in total. The van der Waals surface area contributed by atoms with E-state index in [4.69, 9.17) is 16.4 Å². The van der Waals surface area contributed by atoms with Crippen LogP contribution in [0.15, 0.2) is 0 Å². The number of aromatic nitrogens is 2. The van der Waals surface area contributed by atoms with E-state index >= 15 is 0 Å². The minimum Gasteiger partial charge on any atom is -0.335 e. The summed E-state index contributed by atoms with van der Waals surface area (Å²) in [4.78, 5) is 16.4. The van der Waals surface area contributed by atoms with Gasteiger partial charge in [-0.25, -0.2) is 4.21 Å². The van der Waals surface area contributed by atoms with Gasteiger partial charge in [0.2, 0.25) is 0 Å². The molecule has 0 radical (unpaired) electrons. The highest BCUT2D eigenvalue weighted by Gasteiger charge is 2.30. The first kappa shape index (κ1) is 15.8. The van der Waals surface area contributed by atoms with E-state index in [1.807, 2.05) is 11.7 Å². The molecule has 1 saturated heterocycles. The van der Waals surface area contributed by atoms with Gasteiger partial charge in [0.15, 0.2) is 5.69 Å². The first-order chi connectivity index (χ1) is 10.4. The van der Waals surface area contributed by atoms with Gasteiger partial charge in [-0.05, 0) is 13.5 Å². The van der Waals surface area contributed by atoms with Crippen molar-refractivity contribution >= 4 is 27.2 Å². The van der Waals surface area contributed by atoms with Gasteiger partial charge in [-0.2, -0.15) is 5.10 Å². The number of halogens is 1. The van der Waals surface area contributed by atoms with Crippen molar-refractivity contribution in [3.05, 3.63) is 16.4 Å². The van der Waals surface area contributed by atoms with Crippen molar-refractivity contribution in [3.63, 3.8) is 0 Å². The average molecular weight is 346 g/mol. The summed E-state index contributed by atoms with van der Waals surface area (Å²) in [6.07, 6.45) is 0.972. The van der Waals surface area contributed by atoms with Crippen LogP contribution in [-0.2, 0) is 22.8 Å². The summed E-state index contributed by atoms with van der Waals surface area (Å²) in [5, 5.41) is 4.83. The molecule has 2 aliphatic heterocycles. The molecule has 0 unspecified atom stereocenters. The quantitative estimate of drug-likeness (QED) is 0.819. The number of carbonyl (C=O) groups is 1. The fourth-order valence-electron chi connectivity index (χ4n) is 2.85. The highest BCUT2D eigenvalue weighted by atomic mass is 35.5. The number of aryl methyl sites for hydroxylation is 1. The second-order valence-corrected chi connectivity index (χ2v) is 8.75. The van der Waals surface area contributed by atoms with Gasteiger partial charge in [0, 0.05) is 54.0 Å². The van der Waals surface area contributed by atoms with E-state index in [9.17, 15) is 9.00 Å². The lowest BCUT2D eigenvalue weighted by molar-refractivity contribution is 0.0764. The summed E-state index contributed by atoms with van der Waals surface area (Å²) >= 11 is 6.40. The summed E-state index contributed by atoms with van der Waals surface area (Å²) in [7, 11) is -0.491. The molecule has 1 aromatic heterocycles. The normalized spacial score (nSPS) is 22.2. The smallest absolute Gasteiger partial charge is 0.275 e. The Kier molecular flexibility index (Phi) is 4.17. The monoisotopic (exact) mass is 345 g/mol. The van der Waals surface area contributed by atoms with Gasteiger partial charge < -0.3 is 9.80 Å². The molecule has 0 saturated carbocycles. The molecule has 1 amide bonds. The van der Waals surface area contributed by atoms with Crippen LogP contribution in [0.2, 0.25) is 5.02 Å². The molecule has 0 bridgehead atoms. The summed E-state index contributed by atoms with van der Waals surface area (Å²) in [5.41, 5.74) is 1.16. The molecule has 0 atom stereocenters. The zero-order valence-electron chi connectivity index (χ0n) is 12.5. The lowest BCUT2D eigenvalue weighted by Gasteiger charge is -2.27. The summed E-state index contributed by atoms with van der Waals surface area (Å²) in [6.45, 7) is 3.08. The van der Waals surface area contributed by atoms with E-state index in [2.05, 4.69) is 10.00 Å².